The van der Waals surface area contributed by atoms with E-state index in [4.69, 9.17) is 4.98 Å². The number of aromatic hydroxyl groups is 1. The molecule has 0 atom stereocenters. The molecule has 0 aliphatic heterocycles. The molecule has 1 N–H and O–H groups in total. The summed E-state index contributed by atoms with van der Waals surface area (Å²) in [5, 5.41) is 13.9. The van der Waals surface area contributed by atoms with Crippen LogP contribution in [0.25, 0.3) is 22.0 Å². The molecule has 1 saturated carbocycles. The van der Waals surface area contributed by atoms with Gasteiger partial charge in [0, 0.05) is 41.0 Å². The molecule has 2 aromatic carbocycles. The Bertz CT molecular complexity index is 1280. The topological polar surface area (TPSA) is 58.4 Å². The average molecular weight is 407 g/mol. The van der Waals surface area contributed by atoms with Crippen LogP contribution >= 0.6 is 11.3 Å². The van der Waals surface area contributed by atoms with Crippen molar-refractivity contribution in [2.24, 2.45) is 0 Å². The Morgan fingerprint density at radius 2 is 1.93 bits per heavy atom. The molecule has 1 aliphatic rings. The molecule has 2 aromatic heterocycles. The smallest absolute Gasteiger partial charge is 0.258 e. The lowest BCUT2D eigenvalue weighted by atomic mass is 10.1. The van der Waals surface area contributed by atoms with Gasteiger partial charge in [0.2, 0.25) is 0 Å². The number of phenols is 1. The molecule has 0 radical (unpaired) electrons. The normalized spacial score (nSPS) is 13.7. The number of hydrogen-bond acceptors (Lipinski definition) is 5. The number of phenolic OH excluding ortho intramolecular Hbond substituents is 1. The molecule has 0 bridgehead atoms. The van der Waals surface area contributed by atoms with E-state index in [0.717, 1.165) is 34.9 Å². The summed E-state index contributed by atoms with van der Waals surface area (Å²) >= 11 is 1.47. The van der Waals surface area contributed by atoms with Crippen LogP contribution in [-0.2, 0) is 0 Å². The lowest BCUT2D eigenvalue weighted by molar-refractivity contribution is 0.476. The molecule has 1 aliphatic carbocycles. The minimum atomic E-state index is -0.282. The van der Waals surface area contributed by atoms with E-state index in [1.165, 1.54) is 23.5 Å². The van der Waals surface area contributed by atoms with Crippen LogP contribution in [0.4, 0.5) is 15.2 Å². The largest absolute Gasteiger partial charge is 0.508 e. The van der Waals surface area contributed by atoms with Crippen LogP contribution in [0.5, 0.6) is 5.75 Å². The minimum absolute atomic E-state index is 0.0363. The van der Waals surface area contributed by atoms with Crippen LogP contribution < -0.4 is 10.5 Å². The molecule has 146 valence electrons. The van der Waals surface area contributed by atoms with Crippen LogP contribution in [0.1, 0.15) is 18.9 Å². The second-order valence-corrected chi connectivity index (χ2v) is 8.11. The maximum absolute atomic E-state index is 13.2. The van der Waals surface area contributed by atoms with Crippen molar-refractivity contribution >= 4 is 32.9 Å². The third-order valence-corrected chi connectivity index (χ3v) is 6.14. The number of fused-ring (bicyclic) bond motifs is 1. The Morgan fingerprint density at radius 3 is 2.66 bits per heavy atom. The predicted molar refractivity (Wildman–Crippen MR) is 114 cm³/mol. The third kappa shape index (κ3) is 3.17. The zero-order chi connectivity index (χ0) is 20.1. The van der Waals surface area contributed by atoms with E-state index >= 15 is 0 Å². The highest BCUT2D eigenvalue weighted by Crippen LogP contribution is 2.39. The first-order valence-corrected chi connectivity index (χ1v) is 10.2. The van der Waals surface area contributed by atoms with E-state index in [-0.39, 0.29) is 23.2 Å². The van der Waals surface area contributed by atoms with Gasteiger partial charge in [-0.05, 0) is 55.3 Å². The number of benzene rings is 2. The van der Waals surface area contributed by atoms with Crippen LogP contribution in [-0.4, -0.2) is 21.7 Å². The predicted octanol–water partition coefficient (Wildman–Crippen LogP) is 5.07. The fourth-order valence-corrected chi connectivity index (χ4v) is 4.31. The Morgan fingerprint density at radius 1 is 1.17 bits per heavy atom. The van der Waals surface area contributed by atoms with E-state index in [1.807, 2.05) is 23.5 Å². The van der Waals surface area contributed by atoms with Crippen molar-refractivity contribution in [3.63, 3.8) is 0 Å². The van der Waals surface area contributed by atoms with E-state index < -0.39 is 0 Å². The summed E-state index contributed by atoms with van der Waals surface area (Å²) in [6, 6.07) is 11.3. The zero-order valence-corrected chi connectivity index (χ0v) is 16.5. The number of pyridine rings is 1. The monoisotopic (exact) mass is 407 g/mol. The van der Waals surface area contributed by atoms with Gasteiger partial charge in [-0.25, -0.2) is 9.37 Å². The van der Waals surface area contributed by atoms with Gasteiger partial charge in [0.1, 0.15) is 11.6 Å². The van der Waals surface area contributed by atoms with Crippen molar-refractivity contribution in [3.8, 4) is 17.0 Å². The van der Waals surface area contributed by atoms with Crippen LogP contribution in [0.3, 0.4) is 0 Å². The number of nitrogens with zero attached hydrogens (tertiary/aromatic N) is 3. The minimum Gasteiger partial charge on any atom is -0.508 e. The fraction of sp³-hybridized carbons (Fsp3) is 0.182. The highest BCUT2D eigenvalue weighted by molar-refractivity contribution is 7.14. The maximum atomic E-state index is 13.2. The van der Waals surface area contributed by atoms with E-state index in [1.54, 1.807) is 34.9 Å². The number of rotatable bonds is 4. The molecular weight excluding hydrogens is 389 g/mol. The summed E-state index contributed by atoms with van der Waals surface area (Å²) in [7, 11) is 1.90. The highest BCUT2D eigenvalue weighted by Gasteiger charge is 2.27. The van der Waals surface area contributed by atoms with Crippen molar-refractivity contribution in [2.45, 2.75) is 18.9 Å². The molecule has 0 spiro atoms. The second kappa shape index (κ2) is 6.70. The molecule has 29 heavy (non-hydrogen) atoms. The average Bonchev–Trinajstić information content (AvgIpc) is 3.44. The second-order valence-electron chi connectivity index (χ2n) is 7.27. The first-order chi connectivity index (χ1) is 14.0. The Balaban J connectivity index is 1.62. The molecule has 7 heteroatoms. The van der Waals surface area contributed by atoms with Crippen LogP contribution in [0.15, 0.2) is 58.8 Å². The number of aromatic nitrogens is 2. The molecule has 1 fully saturated rings. The highest BCUT2D eigenvalue weighted by atomic mass is 32.1. The molecule has 2 heterocycles. The zero-order valence-electron chi connectivity index (χ0n) is 15.7. The first-order valence-electron chi connectivity index (χ1n) is 9.34. The summed E-state index contributed by atoms with van der Waals surface area (Å²) < 4.78 is 15.0. The van der Waals surface area contributed by atoms with E-state index in [2.05, 4.69) is 0 Å². The van der Waals surface area contributed by atoms with Gasteiger partial charge in [0.15, 0.2) is 5.13 Å². The van der Waals surface area contributed by atoms with Gasteiger partial charge in [-0.15, -0.1) is 11.3 Å². The standard InChI is InChI=1S/C22H18FN3O2S/c1-25(22-24-19(12-29-22)13-2-4-14(23)5-3-13)20-11-26(15-6-7-15)21(28)17-9-8-16(27)10-18(17)20/h2-5,8-12,15,27H,6-7H2,1H3. The quantitative estimate of drug-likeness (QED) is 0.513. The first kappa shape index (κ1) is 17.9. The van der Waals surface area contributed by atoms with Gasteiger partial charge < -0.3 is 14.6 Å². The van der Waals surface area contributed by atoms with Gasteiger partial charge in [0.25, 0.3) is 5.56 Å². The van der Waals surface area contributed by atoms with E-state index in [0.29, 0.717) is 10.8 Å². The van der Waals surface area contributed by atoms with Crippen molar-refractivity contribution in [1.82, 2.24) is 9.55 Å². The van der Waals surface area contributed by atoms with Gasteiger partial charge >= 0.3 is 0 Å². The number of anilines is 2. The number of halogens is 1. The Labute approximate surface area is 170 Å². The van der Waals surface area contributed by atoms with Crippen molar-refractivity contribution in [1.29, 1.82) is 0 Å². The summed E-state index contributed by atoms with van der Waals surface area (Å²) in [4.78, 5) is 19.5. The summed E-state index contributed by atoms with van der Waals surface area (Å²) in [5.74, 6) is -0.170. The van der Waals surface area contributed by atoms with Gasteiger partial charge in [-0.2, -0.15) is 0 Å². The van der Waals surface area contributed by atoms with Crippen molar-refractivity contribution in [3.05, 3.63) is 70.2 Å². The molecule has 5 nitrogen and oxygen atoms in total. The van der Waals surface area contributed by atoms with Crippen molar-refractivity contribution in [2.75, 3.05) is 11.9 Å². The SMILES string of the molecule is CN(c1nc(-c2ccc(F)cc2)cs1)c1cn(C2CC2)c(=O)c2ccc(O)cc12. The Kier molecular flexibility index (Phi) is 4.13. The summed E-state index contributed by atoms with van der Waals surface area (Å²) in [6.07, 6.45) is 3.86. The molecule has 4 aromatic rings. The number of hydrogen-bond donors (Lipinski definition) is 1. The van der Waals surface area contributed by atoms with Gasteiger partial charge in [-0.3, -0.25) is 4.79 Å². The van der Waals surface area contributed by atoms with Crippen LogP contribution in [0, 0.1) is 5.82 Å². The van der Waals surface area contributed by atoms with Crippen LogP contribution in [0.2, 0.25) is 0 Å². The molecular formula is C22H18FN3O2S. The Hall–Kier alpha value is -3.19. The molecule has 5 rings (SSSR count). The number of thiazole rings is 1. The fourth-order valence-electron chi connectivity index (χ4n) is 3.50. The lowest BCUT2D eigenvalue weighted by Crippen LogP contribution is -2.22. The third-order valence-electron chi connectivity index (χ3n) is 5.23. The summed E-state index contributed by atoms with van der Waals surface area (Å²) in [5.41, 5.74) is 2.38. The van der Waals surface area contributed by atoms with Crippen molar-refractivity contribution < 1.29 is 9.50 Å². The molecule has 0 saturated heterocycles. The van der Waals surface area contributed by atoms with E-state index in [9.17, 15) is 14.3 Å². The summed E-state index contributed by atoms with van der Waals surface area (Å²) in [6.45, 7) is 0. The maximum Gasteiger partial charge on any atom is 0.258 e. The van der Waals surface area contributed by atoms with Gasteiger partial charge in [-0.1, -0.05) is 0 Å². The lowest BCUT2D eigenvalue weighted by Gasteiger charge is -2.20. The molecule has 0 unspecified atom stereocenters. The molecule has 0 amide bonds. The van der Waals surface area contributed by atoms with Gasteiger partial charge in [0.05, 0.1) is 11.4 Å².